The van der Waals surface area contributed by atoms with Gasteiger partial charge < -0.3 is 14.6 Å². The molecule has 2 aliphatic rings. The molecule has 4 rings (SSSR count). The number of fused-ring (bicyclic) bond motifs is 2. The lowest BCUT2D eigenvalue weighted by molar-refractivity contribution is 0.483. The minimum Gasteiger partial charge on any atom is -0.456 e. The maximum Gasteiger partial charge on any atom is 0.295 e. The molecule has 0 unspecified atom stereocenters. The summed E-state index contributed by atoms with van der Waals surface area (Å²) in [6.45, 7) is 12.5. The molecule has 39 heavy (non-hydrogen) atoms. The van der Waals surface area contributed by atoms with Crippen LogP contribution in [0.1, 0.15) is 33.3 Å². The largest absolute Gasteiger partial charge is 0.456 e. The van der Waals surface area contributed by atoms with Crippen molar-refractivity contribution >= 4 is 26.8 Å². The number of hydrogen-bond donors (Lipinski definition) is 2. The van der Waals surface area contributed by atoms with E-state index in [-0.39, 0.29) is 4.90 Å². The summed E-state index contributed by atoms with van der Waals surface area (Å²) in [5, 5.41) is 4.85. The summed E-state index contributed by atoms with van der Waals surface area (Å²) in [6.07, 6.45) is 5.33. The van der Waals surface area contributed by atoms with Crippen LogP contribution >= 0.6 is 0 Å². The molecule has 0 saturated heterocycles. The van der Waals surface area contributed by atoms with Crippen molar-refractivity contribution in [3.05, 3.63) is 65.5 Å². The molecule has 0 bridgehead atoms. The van der Waals surface area contributed by atoms with Crippen LogP contribution < -0.4 is 20.1 Å². The van der Waals surface area contributed by atoms with Crippen molar-refractivity contribution < 1.29 is 17.4 Å². The summed E-state index contributed by atoms with van der Waals surface area (Å²) in [4.78, 5) is 2.07. The topological polar surface area (TPSA) is 85.8 Å². The first-order valence-electron chi connectivity index (χ1n) is 13.3. The van der Waals surface area contributed by atoms with Crippen molar-refractivity contribution in [2.45, 2.75) is 39.1 Å². The molecule has 0 saturated carbocycles. The summed E-state index contributed by atoms with van der Waals surface area (Å²) in [7, 11) is -4.55. The summed E-state index contributed by atoms with van der Waals surface area (Å²) in [5.41, 5.74) is 4.22. The van der Waals surface area contributed by atoms with Crippen molar-refractivity contribution in [2.24, 2.45) is 0 Å². The number of hydrogen-bond acceptors (Lipinski definition) is 5. The summed E-state index contributed by atoms with van der Waals surface area (Å²) in [6, 6.07) is 17.1. The van der Waals surface area contributed by atoms with Gasteiger partial charge in [-0.15, -0.1) is 6.42 Å². The minimum absolute atomic E-state index is 0.156. The third-order valence-electron chi connectivity index (χ3n) is 7.10. The van der Waals surface area contributed by atoms with Crippen LogP contribution in [-0.4, -0.2) is 45.7 Å². The summed E-state index contributed by atoms with van der Waals surface area (Å²) < 4.78 is 44.4. The highest BCUT2D eigenvalue weighted by molar-refractivity contribution is 7.86. The van der Waals surface area contributed by atoms with Gasteiger partial charge in [-0.05, 0) is 57.5 Å². The lowest BCUT2D eigenvalue weighted by Gasteiger charge is -2.22. The fourth-order valence-electron chi connectivity index (χ4n) is 5.10. The van der Waals surface area contributed by atoms with E-state index in [4.69, 9.17) is 10.8 Å². The molecule has 204 valence electrons. The Kier molecular flexibility index (Phi) is 8.76. The predicted molar refractivity (Wildman–Crippen MR) is 159 cm³/mol. The molecule has 0 fully saturated rings. The Hall–Kier alpha value is -3.64. The number of nitrogens with zero attached hydrogens (tertiary/aromatic N) is 2. The van der Waals surface area contributed by atoms with E-state index < -0.39 is 10.1 Å². The third kappa shape index (κ3) is 5.86. The Morgan fingerprint density at radius 1 is 0.974 bits per heavy atom. The maximum atomic E-state index is 12.7. The van der Waals surface area contributed by atoms with E-state index in [0.29, 0.717) is 41.1 Å². The molecule has 2 aromatic carbocycles. The fraction of sp³-hybridized carbons (Fsp3) is 0.323. The summed E-state index contributed by atoms with van der Waals surface area (Å²) in [5.74, 6) is 3.14. The van der Waals surface area contributed by atoms with Gasteiger partial charge in [0.1, 0.15) is 29.3 Å². The molecule has 7 nitrogen and oxygen atoms in total. The predicted octanol–water partition coefficient (Wildman–Crippen LogP) is 4.83. The molecule has 1 aliphatic heterocycles. The molecule has 0 radical (unpaired) electrons. The highest BCUT2D eigenvalue weighted by atomic mass is 32.2. The third-order valence-corrected chi connectivity index (χ3v) is 7.99. The second-order valence-electron chi connectivity index (χ2n) is 9.30. The monoisotopic (exact) mass is 546 g/mol. The first-order valence-corrected chi connectivity index (χ1v) is 14.8. The molecule has 0 spiro atoms. The van der Waals surface area contributed by atoms with E-state index in [1.807, 2.05) is 42.5 Å². The molecular weight excluding hydrogens is 510 g/mol. The zero-order chi connectivity index (χ0) is 28.2. The molecule has 0 amide bonds. The number of rotatable bonds is 10. The standard InChI is InChI=1S/C31H35N3O4S/c1-6-17-32-21-22-11-14-27(30(18-22)39(35,36)37)31-25-15-12-23(33(7-2)8-3)19-28(25)38-29-20-24(13-16-26(29)31)34(9-4)10-5/h1,11-16,18-20,32H,7-10,17,21H2,2-5H3/p+1. The van der Waals surface area contributed by atoms with Crippen LogP contribution in [0.3, 0.4) is 0 Å². The first-order chi connectivity index (χ1) is 18.7. The van der Waals surface area contributed by atoms with Crippen LogP contribution in [0.15, 0.2) is 63.9 Å². The summed E-state index contributed by atoms with van der Waals surface area (Å²) >= 11 is 0. The molecule has 0 aromatic heterocycles. The highest BCUT2D eigenvalue weighted by Gasteiger charge is 2.25. The minimum atomic E-state index is -4.55. The van der Waals surface area contributed by atoms with Crippen LogP contribution in [0, 0.1) is 12.3 Å². The second kappa shape index (κ2) is 12.0. The van der Waals surface area contributed by atoms with Gasteiger partial charge in [-0.1, -0.05) is 18.1 Å². The first kappa shape index (κ1) is 28.4. The lowest BCUT2D eigenvalue weighted by Crippen LogP contribution is -2.29. The Balaban J connectivity index is 2.09. The Labute approximate surface area is 230 Å². The maximum absolute atomic E-state index is 12.7. The number of nitrogens with one attached hydrogen (secondary N) is 1. The zero-order valence-electron chi connectivity index (χ0n) is 23.0. The van der Waals surface area contributed by atoms with Gasteiger partial charge in [0.15, 0.2) is 0 Å². The quantitative estimate of drug-likeness (QED) is 0.0974. The second-order valence-corrected chi connectivity index (χ2v) is 10.7. The van der Waals surface area contributed by atoms with Crippen LogP contribution in [0.25, 0.3) is 33.4 Å². The average molecular weight is 547 g/mol. The molecule has 8 heteroatoms. The van der Waals surface area contributed by atoms with Gasteiger partial charge in [-0.2, -0.15) is 8.42 Å². The fourth-order valence-corrected chi connectivity index (χ4v) is 5.85. The number of anilines is 1. The number of benzene rings is 3. The van der Waals surface area contributed by atoms with Crippen molar-refractivity contribution in [3.63, 3.8) is 0 Å². The van der Waals surface area contributed by atoms with Gasteiger partial charge in [0, 0.05) is 59.5 Å². The van der Waals surface area contributed by atoms with Crippen molar-refractivity contribution in [3.8, 4) is 34.8 Å². The Bertz CT molecular complexity index is 1670. The molecule has 1 heterocycles. The molecule has 0 atom stereocenters. The van der Waals surface area contributed by atoms with Crippen LogP contribution in [0.4, 0.5) is 5.69 Å². The molecule has 1 aliphatic carbocycles. The normalized spacial score (nSPS) is 11.6. The van der Waals surface area contributed by atoms with Gasteiger partial charge in [-0.25, -0.2) is 4.58 Å². The van der Waals surface area contributed by atoms with Gasteiger partial charge in [-0.3, -0.25) is 4.55 Å². The Morgan fingerprint density at radius 2 is 1.69 bits per heavy atom. The molecule has 2 N–H and O–H groups in total. The lowest BCUT2D eigenvalue weighted by atomic mass is 9.92. The van der Waals surface area contributed by atoms with E-state index in [0.717, 1.165) is 48.2 Å². The average Bonchev–Trinajstić information content (AvgIpc) is 2.92. The van der Waals surface area contributed by atoms with E-state index in [2.05, 4.69) is 48.4 Å². The number of terminal acetylenes is 1. The van der Waals surface area contributed by atoms with Crippen molar-refractivity contribution in [2.75, 3.05) is 37.6 Å². The zero-order valence-corrected chi connectivity index (χ0v) is 23.8. The SMILES string of the molecule is C#CCNCc1ccc(-c2c3ccc(=[N+](CC)CC)cc-3oc3cc(N(CC)CC)ccc23)c(S(=O)(=O)O)c1. The van der Waals surface area contributed by atoms with Gasteiger partial charge in [0.2, 0.25) is 5.36 Å². The smallest absolute Gasteiger partial charge is 0.295 e. The van der Waals surface area contributed by atoms with Crippen molar-refractivity contribution in [1.82, 2.24) is 9.89 Å². The van der Waals surface area contributed by atoms with E-state index in [1.165, 1.54) is 6.07 Å². The molecular formula is C31H36N3O4S+. The van der Waals surface area contributed by atoms with Crippen LogP contribution in [0.5, 0.6) is 0 Å². The van der Waals surface area contributed by atoms with E-state index >= 15 is 0 Å². The highest BCUT2D eigenvalue weighted by Crippen LogP contribution is 2.43. The van der Waals surface area contributed by atoms with Gasteiger partial charge >= 0.3 is 0 Å². The van der Waals surface area contributed by atoms with E-state index in [9.17, 15) is 13.0 Å². The van der Waals surface area contributed by atoms with E-state index in [1.54, 1.807) is 6.07 Å². The van der Waals surface area contributed by atoms with Crippen LogP contribution in [0.2, 0.25) is 0 Å². The Morgan fingerprint density at radius 3 is 2.33 bits per heavy atom. The van der Waals surface area contributed by atoms with Gasteiger partial charge in [0.25, 0.3) is 10.1 Å². The van der Waals surface area contributed by atoms with Gasteiger partial charge in [0.05, 0.1) is 12.6 Å². The molecule has 2 aromatic rings. The van der Waals surface area contributed by atoms with Crippen LogP contribution in [-0.2, 0) is 16.7 Å². The van der Waals surface area contributed by atoms with Crippen molar-refractivity contribution in [1.29, 1.82) is 0 Å².